The molecule has 0 aliphatic heterocycles. The first-order valence-electron chi connectivity index (χ1n) is 3.54. The van der Waals surface area contributed by atoms with Gasteiger partial charge in [-0.2, -0.15) is 0 Å². The van der Waals surface area contributed by atoms with Gasteiger partial charge >= 0.3 is 0 Å². The molecule has 0 N–H and O–H groups in total. The van der Waals surface area contributed by atoms with E-state index in [0.717, 1.165) is 0 Å². The predicted octanol–water partition coefficient (Wildman–Crippen LogP) is 3.67. The summed E-state index contributed by atoms with van der Waals surface area (Å²) < 4.78 is 0. The van der Waals surface area contributed by atoms with Crippen molar-refractivity contribution in [3.05, 3.63) is 29.8 Å². The normalized spacial score (nSPS) is 13.0. The average molecular weight is 183 g/mol. The van der Waals surface area contributed by atoms with Crippen LogP contribution in [0, 0.1) is 0 Å². The molecule has 0 saturated heterocycles. The number of hydrogen-bond donors (Lipinski definition) is 0. The maximum absolute atomic E-state index is 5.19. The van der Waals surface area contributed by atoms with E-state index in [1.807, 2.05) is 19.1 Å². The van der Waals surface area contributed by atoms with Crippen LogP contribution in [0.15, 0.2) is 29.2 Å². The van der Waals surface area contributed by atoms with Crippen LogP contribution in [0.3, 0.4) is 0 Å². The summed E-state index contributed by atoms with van der Waals surface area (Å²) in [7, 11) is 0. The van der Waals surface area contributed by atoms with E-state index >= 15 is 0 Å². The van der Waals surface area contributed by atoms with E-state index in [2.05, 4.69) is 18.4 Å². The van der Waals surface area contributed by atoms with Crippen LogP contribution in [0.25, 0.3) is 0 Å². The SMILES string of the molecule is CSc1ccccc1C(C)[S]. The molecule has 0 aromatic heterocycles. The maximum Gasteiger partial charge on any atom is 0.0384 e. The van der Waals surface area contributed by atoms with E-state index in [-0.39, 0.29) is 5.25 Å². The van der Waals surface area contributed by atoms with Gasteiger partial charge in [0.05, 0.1) is 0 Å². The largest absolute Gasteiger partial charge is 0.129 e. The van der Waals surface area contributed by atoms with E-state index in [0.29, 0.717) is 0 Å². The van der Waals surface area contributed by atoms with Gasteiger partial charge in [0.25, 0.3) is 0 Å². The number of rotatable bonds is 2. The lowest BCUT2D eigenvalue weighted by atomic mass is 10.2. The molecule has 0 fully saturated rings. The zero-order chi connectivity index (χ0) is 8.27. The molecule has 0 aliphatic rings. The quantitative estimate of drug-likeness (QED) is 0.630. The standard InChI is InChI=1S/C9H11S2/c1-7(10)8-5-3-4-6-9(8)11-2/h3-7H,1-2H3. The summed E-state index contributed by atoms with van der Waals surface area (Å²) >= 11 is 6.94. The van der Waals surface area contributed by atoms with Gasteiger partial charge in [-0.15, -0.1) is 11.8 Å². The van der Waals surface area contributed by atoms with Crippen LogP contribution in [0.2, 0.25) is 0 Å². The van der Waals surface area contributed by atoms with Crippen LogP contribution in [-0.2, 0) is 0 Å². The third-order valence-corrected chi connectivity index (χ3v) is 2.64. The van der Waals surface area contributed by atoms with E-state index in [1.165, 1.54) is 10.5 Å². The van der Waals surface area contributed by atoms with Crippen molar-refractivity contribution in [2.45, 2.75) is 17.1 Å². The van der Waals surface area contributed by atoms with Gasteiger partial charge in [0.1, 0.15) is 0 Å². The fourth-order valence-electron chi connectivity index (χ4n) is 1.00. The lowest BCUT2D eigenvalue weighted by Crippen LogP contribution is -1.86. The molecule has 0 amide bonds. The van der Waals surface area contributed by atoms with Gasteiger partial charge in [-0.3, -0.25) is 0 Å². The summed E-state index contributed by atoms with van der Waals surface area (Å²) in [5.74, 6) is 0. The van der Waals surface area contributed by atoms with Crippen molar-refractivity contribution in [1.82, 2.24) is 0 Å². The second-order valence-electron chi connectivity index (χ2n) is 2.38. The first kappa shape index (κ1) is 9.01. The summed E-state index contributed by atoms with van der Waals surface area (Å²) in [5, 5.41) is 0.221. The highest BCUT2D eigenvalue weighted by molar-refractivity contribution is 7.98. The average Bonchev–Trinajstić information content (AvgIpc) is 2.04. The Morgan fingerprint density at radius 1 is 1.36 bits per heavy atom. The van der Waals surface area contributed by atoms with E-state index in [1.54, 1.807) is 11.8 Å². The Balaban J connectivity index is 3.02. The van der Waals surface area contributed by atoms with Crippen LogP contribution in [-0.4, -0.2) is 6.26 Å². The summed E-state index contributed by atoms with van der Waals surface area (Å²) in [6.07, 6.45) is 2.08. The highest BCUT2D eigenvalue weighted by Crippen LogP contribution is 2.28. The molecule has 0 spiro atoms. The topological polar surface area (TPSA) is 0 Å². The van der Waals surface area contributed by atoms with Gasteiger partial charge in [0.15, 0.2) is 0 Å². The minimum atomic E-state index is 0.221. The second-order valence-corrected chi connectivity index (χ2v) is 3.94. The van der Waals surface area contributed by atoms with Gasteiger partial charge in [-0.1, -0.05) is 30.8 Å². The molecule has 0 aliphatic carbocycles. The van der Waals surface area contributed by atoms with Crippen LogP contribution >= 0.6 is 24.4 Å². The van der Waals surface area contributed by atoms with Crippen molar-refractivity contribution in [2.75, 3.05) is 6.26 Å². The zero-order valence-corrected chi connectivity index (χ0v) is 8.34. The molecule has 1 aromatic carbocycles. The van der Waals surface area contributed by atoms with Crippen molar-refractivity contribution in [2.24, 2.45) is 0 Å². The summed E-state index contributed by atoms with van der Waals surface area (Å²) in [5.41, 5.74) is 1.27. The predicted molar refractivity (Wildman–Crippen MR) is 54.2 cm³/mol. The Hall–Kier alpha value is -0.0800. The van der Waals surface area contributed by atoms with Crippen LogP contribution in [0.4, 0.5) is 0 Å². The first-order valence-corrected chi connectivity index (χ1v) is 5.24. The molecule has 1 rings (SSSR count). The van der Waals surface area contributed by atoms with Gasteiger partial charge in [-0.05, 0) is 24.8 Å². The highest BCUT2D eigenvalue weighted by Gasteiger charge is 2.04. The number of benzene rings is 1. The molecule has 0 heterocycles. The fourth-order valence-corrected chi connectivity index (χ4v) is 1.98. The highest BCUT2D eigenvalue weighted by atomic mass is 32.2. The number of thioether (sulfide) groups is 1. The minimum Gasteiger partial charge on any atom is -0.129 e. The van der Waals surface area contributed by atoms with E-state index < -0.39 is 0 Å². The number of hydrogen-bond acceptors (Lipinski definition) is 1. The molecule has 1 unspecified atom stereocenters. The lowest BCUT2D eigenvalue weighted by molar-refractivity contribution is 1.06. The monoisotopic (exact) mass is 183 g/mol. The molecule has 0 bridgehead atoms. The molecule has 0 nitrogen and oxygen atoms in total. The lowest BCUT2D eigenvalue weighted by Gasteiger charge is -2.07. The van der Waals surface area contributed by atoms with Crippen molar-refractivity contribution in [3.63, 3.8) is 0 Å². The Morgan fingerprint density at radius 2 is 2.00 bits per heavy atom. The zero-order valence-electron chi connectivity index (χ0n) is 6.70. The summed E-state index contributed by atoms with van der Waals surface area (Å²) in [6.45, 7) is 2.05. The molecule has 1 aromatic rings. The third kappa shape index (κ3) is 2.17. The molecule has 1 atom stereocenters. The Kier molecular flexibility index (Phi) is 3.34. The van der Waals surface area contributed by atoms with Gasteiger partial charge < -0.3 is 0 Å². The molecule has 59 valence electrons. The Labute approximate surface area is 77.8 Å². The molecule has 1 radical (unpaired) electrons. The van der Waals surface area contributed by atoms with Crippen molar-refractivity contribution in [3.8, 4) is 0 Å². The van der Waals surface area contributed by atoms with Crippen LogP contribution < -0.4 is 0 Å². The fraction of sp³-hybridized carbons (Fsp3) is 0.333. The second kappa shape index (κ2) is 4.07. The molecule has 0 saturated carbocycles. The van der Waals surface area contributed by atoms with Gasteiger partial charge in [0.2, 0.25) is 0 Å². The third-order valence-electron chi connectivity index (χ3n) is 1.58. The Bertz CT molecular complexity index is 231. The van der Waals surface area contributed by atoms with Crippen LogP contribution in [0.5, 0.6) is 0 Å². The van der Waals surface area contributed by atoms with Gasteiger partial charge in [0, 0.05) is 10.1 Å². The first-order chi connectivity index (χ1) is 5.25. The molecular formula is C9H11S2. The molecule has 2 heteroatoms. The molecule has 11 heavy (non-hydrogen) atoms. The van der Waals surface area contributed by atoms with E-state index in [4.69, 9.17) is 12.6 Å². The minimum absolute atomic E-state index is 0.221. The van der Waals surface area contributed by atoms with Gasteiger partial charge in [-0.25, -0.2) is 0 Å². The van der Waals surface area contributed by atoms with Crippen molar-refractivity contribution >= 4 is 24.4 Å². The van der Waals surface area contributed by atoms with Crippen molar-refractivity contribution in [1.29, 1.82) is 0 Å². The maximum atomic E-state index is 5.19. The van der Waals surface area contributed by atoms with Crippen LogP contribution in [0.1, 0.15) is 17.7 Å². The molecular weight excluding hydrogens is 172 g/mol. The summed E-state index contributed by atoms with van der Waals surface area (Å²) in [4.78, 5) is 1.30. The van der Waals surface area contributed by atoms with Crippen molar-refractivity contribution < 1.29 is 0 Å². The smallest absolute Gasteiger partial charge is 0.0384 e. The summed E-state index contributed by atoms with van der Waals surface area (Å²) in [6, 6.07) is 8.30. The Morgan fingerprint density at radius 3 is 2.45 bits per heavy atom. The van der Waals surface area contributed by atoms with E-state index in [9.17, 15) is 0 Å².